The van der Waals surface area contributed by atoms with Crippen molar-refractivity contribution < 1.29 is 9.05 Å². The van der Waals surface area contributed by atoms with Crippen molar-refractivity contribution in [3.05, 3.63) is 126 Å². The van der Waals surface area contributed by atoms with E-state index >= 15 is 0 Å². The van der Waals surface area contributed by atoms with E-state index in [1.165, 1.54) is 12.5 Å². The number of halogens is 1. The molecule has 0 bridgehead atoms. The van der Waals surface area contributed by atoms with Gasteiger partial charge in [-0.25, -0.2) is 9.97 Å². The molecule has 17 heteroatoms. The monoisotopic (exact) mass is 694 g/mol. The molecule has 0 radical (unpaired) electrons. The third-order valence-corrected chi connectivity index (χ3v) is 7.22. The van der Waals surface area contributed by atoms with Crippen LogP contribution in [0.4, 0.5) is 17.7 Å². The van der Waals surface area contributed by atoms with E-state index in [0.29, 0.717) is 37.1 Å². The number of anilines is 3. The van der Waals surface area contributed by atoms with Crippen LogP contribution < -0.4 is 22.5 Å². The molecule has 0 unspecified atom stereocenters. The average Bonchev–Trinajstić information content (AvgIpc) is 3.94. The predicted octanol–water partition coefficient (Wildman–Crippen LogP) is 4.94. The van der Waals surface area contributed by atoms with Crippen molar-refractivity contribution in [2.75, 3.05) is 16.8 Å². The molecule has 0 aliphatic carbocycles. The molecular formula is C33H35ClN14O2. The van der Waals surface area contributed by atoms with Gasteiger partial charge in [-0.05, 0) is 36.4 Å². The molecule has 256 valence electrons. The van der Waals surface area contributed by atoms with Crippen molar-refractivity contribution in [2.45, 2.75) is 33.6 Å². The first-order valence-electron chi connectivity index (χ1n) is 14.9. The Labute approximate surface area is 291 Å². The molecule has 0 aliphatic heterocycles. The molecule has 0 aliphatic rings. The third kappa shape index (κ3) is 8.74. The zero-order valence-corrected chi connectivity index (χ0v) is 26.7. The Morgan fingerprint density at radius 3 is 1.74 bits per heavy atom. The van der Waals surface area contributed by atoms with Gasteiger partial charge in [-0.3, -0.25) is 9.97 Å². The second kappa shape index (κ2) is 16.6. The highest BCUT2D eigenvalue weighted by molar-refractivity contribution is 6.33. The fourth-order valence-corrected chi connectivity index (χ4v) is 5.06. The normalized spacial score (nSPS) is 10.5. The summed E-state index contributed by atoms with van der Waals surface area (Å²) in [5.41, 5.74) is 23.2. The van der Waals surface area contributed by atoms with Gasteiger partial charge < -0.3 is 40.7 Å². The van der Waals surface area contributed by atoms with Crippen molar-refractivity contribution in [3.63, 3.8) is 0 Å². The lowest BCUT2D eigenvalue weighted by molar-refractivity contribution is 0.412. The maximum Gasteiger partial charge on any atom is 0.222 e. The zero-order valence-electron chi connectivity index (χ0n) is 26.0. The highest BCUT2D eigenvalue weighted by atomic mass is 35.5. The Morgan fingerprint density at radius 2 is 1.22 bits per heavy atom. The first-order chi connectivity index (χ1) is 24.0. The minimum Gasteiger partial charge on any atom is -0.368 e. The molecule has 0 aromatic carbocycles. The lowest BCUT2D eigenvalue weighted by Gasteiger charge is -2.10. The average molecular weight is 695 g/mol. The van der Waals surface area contributed by atoms with Crippen molar-refractivity contribution in [3.8, 4) is 0 Å². The molecule has 8 aromatic rings. The summed E-state index contributed by atoms with van der Waals surface area (Å²) in [4.78, 5) is 25.4. The lowest BCUT2D eigenvalue weighted by atomic mass is 10.3. The van der Waals surface area contributed by atoms with E-state index in [1.54, 1.807) is 24.5 Å². The van der Waals surface area contributed by atoms with E-state index in [-0.39, 0.29) is 19.3 Å². The standard InChI is InChI=1S/C16H15N7O.C12H10ClN5.C4H6N2O.CH4/c17-16-20-13-4-7-23(10-12-3-1-2-6-18-12)14(13)15(21-16)19-9-11-5-8-24-22-11;13-11-10-9(16-12(14)17-11)4-6-18(10)7-8-3-1-2-5-15-8;5-3-4-1-2-7-6-4;/h1-8H,9-10H2,(H3,17,19,20,21);1-6H,7H2,(H2,14,16,17);1-2H,3,5H2;1H4. The van der Waals surface area contributed by atoms with Gasteiger partial charge in [0.25, 0.3) is 0 Å². The summed E-state index contributed by atoms with van der Waals surface area (Å²) in [7, 11) is 0. The summed E-state index contributed by atoms with van der Waals surface area (Å²) in [5.74, 6) is 1.06. The highest BCUT2D eigenvalue weighted by Gasteiger charge is 2.13. The summed E-state index contributed by atoms with van der Waals surface area (Å²) >= 11 is 6.10. The molecule has 0 saturated heterocycles. The molecule has 8 aromatic heterocycles. The van der Waals surface area contributed by atoms with Gasteiger partial charge >= 0.3 is 0 Å². The number of nitrogen functional groups attached to an aromatic ring is 2. The molecule has 0 amide bonds. The quantitative estimate of drug-likeness (QED) is 0.154. The fourth-order valence-electron chi connectivity index (χ4n) is 4.77. The van der Waals surface area contributed by atoms with Crippen LogP contribution in [0.5, 0.6) is 0 Å². The summed E-state index contributed by atoms with van der Waals surface area (Å²) < 4.78 is 13.3. The van der Waals surface area contributed by atoms with E-state index in [9.17, 15) is 0 Å². The minimum absolute atomic E-state index is 0. The molecule has 7 N–H and O–H groups in total. The van der Waals surface area contributed by atoms with E-state index in [1.807, 2.05) is 70.1 Å². The number of nitrogens with one attached hydrogen (secondary N) is 1. The van der Waals surface area contributed by atoms with Crippen molar-refractivity contribution in [1.82, 2.24) is 49.4 Å². The smallest absolute Gasteiger partial charge is 0.222 e. The summed E-state index contributed by atoms with van der Waals surface area (Å²) in [6.45, 7) is 2.18. The number of hydrogen-bond donors (Lipinski definition) is 4. The summed E-state index contributed by atoms with van der Waals surface area (Å²) in [6, 6.07) is 18.9. The maximum atomic E-state index is 6.10. The summed E-state index contributed by atoms with van der Waals surface area (Å²) in [6.07, 6.45) is 10.4. The van der Waals surface area contributed by atoms with Crippen molar-refractivity contribution in [1.29, 1.82) is 0 Å². The number of aromatic nitrogens is 10. The molecule has 0 atom stereocenters. The molecule has 0 fully saturated rings. The minimum atomic E-state index is 0. The maximum absolute atomic E-state index is 6.10. The van der Waals surface area contributed by atoms with Gasteiger partial charge in [0, 0.05) is 43.5 Å². The molecule has 16 nitrogen and oxygen atoms in total. The molecular weight excluding hydrogens is 660 g/mol. The van der Waals surface area contributed by atoms with E-state index in [0.717, 1.165) is 44.8 Å². The van der Waals surface area contributed by atoms with Crippen LogP contribution in [0.2, 0.25) is 5.15 Å². The summed E-state index contributed by atoms with van der Waals surface area (Å²) in [5, 5.41) is 11.0. The van der Waals surface area contributed by atoms with Crippen LogP contribution in [-0.2, 0) is 26.2 Å². The van der Waals surface area contributed by atoms with E-state index in [2.05, 4.69) is 50.1 Å². The topological polar surface area (TPSA) is 229 Å². The Kier molecular flexibility index (Phi) is 11.6. The Balaban J connectivity index is 0.000000164. The zero-order chi connectivity index (χ0) is 34.0. The second-order valence-electron chi connectivity index (χ2n) is 10.3. The Morgan fingerprint density at radius 1 is 0.660 bits per heavy atom. The predicted molar refractivity (Wildman–Crippen MR) is 191 cm³/mol. The van der Waals surface area contributed by atoms with Gasteiger partial charge in [0.2, 0.25) is 11.9 Å². The van der Waals surface area contributed by atoms with E-state index in [4.69, 9.17) is 33.3 Å². The molecule has 0 saturated carbocycles. The van der Waals surface area contributed by atoms with Crippen LogP contribution in [0.3, 0.4) is 0 Å². The first-order valence-corrected chi connectivity index (χ1v) is 15.3. The molecule has 8 heterocycles. The number of rotatable bonds is 8. The number of pyridine rings is 2. The lowest BCUT2D eigenvalue weighted by Crippen LogP contribution is -2.08. The Bertz CT molecular complexity index is 2200. The fraction of sp³-hybridized carbons (Fsp3) is 0.152. The van der Waals surface area contributed by atoms with Gasteiger partial charge in [0.1, 0.15) is 29.3 Å². The van der Waals surface area contributed by atoms with Gasteiger partial charge in [0.05, 0.1) is 47.7 Å². The Hall–Kier alpha value is -6.39. The van der Waals surface area contributed by atoms with Crippen LogP contribution in [0.25, 0.3) is 22.1 Å². The molecule has 0 spiro atoms. The number of nitrogens with zero attached hydrogens (tertiary/aromatic N) is 10. The van der Waals surface area contributed by atoms with Gasteiger partial charge in [-0.2, -0.15) is 9.97 Å². The van der Waals surface area contributed by atoms with Crippen LogP contribution in [0, 0.1) is 0 Å². The second-order valence-corrected chi connectivity index (χ2v) is 10.7. The highest BCUT2D eigenvalue weighted by Crippen LogP contribution is 2.24. The van der Waals surface area contributed by atoms with Crippen LogP contribution in [0.1, 0.15) is 30.2 Å². The van der Waals surface area contributed by atoms with E-state index < -0.39 is 0 Å². The SMILES string of the molecule is C.NCc1ccon1.Nc1nc(Cl)c2c(ccn2Cc2ccccn2)n1.Nc1nc(NCc2ccon2)c2c(ccn2Cc2ccccn2)n1. The van der Waals surface area contributed by atoms with Crippen LogP contribution in [-0.4, -0.2) is 49.4 Å². The number of hydrogen-bond acceptors (Lipinski definition) is 14. The number of nitrogens with two attached hydrogens (primary N) is 3. The van der Waals surface area contributed by atoms with Crippen LogP contribution >= 0.6 is 11.6 Å². The van der Waals surface area contributed by atoms with Gasteiger partial charge in [0.15, 0.2) is 11.0 Å². The van der Waals surface area contributed by atoms with Crippen molar-refractivity contribution in [2.24, 2.45) is 5.73 Å². The van der Waals surface area contributed by atoms with Gasteiger partial charge in [-0.1, -0.05) is 41.5 Å². The third-order valence-electron chi connectivity index (χ3n) is 6.96. The molecule has 50 heavy (non-hydrogen) atoms. The molecule has 8 rings (SSSR count). The van der Waals surface area contributed by atoms with Crippen LogP contribution in [0.15, 0.2) is 107 Å². The van der Waals surface area contributed by atoms with Gasteiger partial charge in [-0.15, -0.1) is 0 Å². The van der Waals surface area contributed by atoms with Crippen molar-refractivity contribution >= 4 is 51.4 Å². The first kappa shape index (κ1) is 34.9. The number of fused-ring (bicyclic) bond motifs is 2. The largest absolute Gasteiger partial charge is 0.368 e.